The van der Waals surface area contributed by atoms with Crippen molar-refractivity contribution >= 4 is 17.8 Å². The van der Waals surface area contributed by atoms with Crippen LogP contribution in [-0.2, 0) is 15.7 Å². The third kappa shape index (κ3) is 4.22. The maximum atomic E-state index is 13.3. The van der Waals surface area contributed by atoms with Crippen molar-refractivity contribution in [3.05, 3.63) is 22.9 Å². The lowest BCUT2D eigenvalue weighted by Crippen LogP contribution is -2.23. The molecule has 26 heavy (non-hydrogen) atoms. The van der Waals surface area contributed by atoms with E-state index in [4.69, 9.17) is 5.11 Å². The van der Waals surface area contributed by atoms with Crippen LogP contribution in [0.4, 0.5) is 19.0 Å². The molecule has 1 aliphatic rings. The lowest BCUT2D eigenvalue weighted by Gasteiger charge is -2.18. The molecular formula is C16H16F3N3O4. The Bertz CT molecular complexity index is 758. The Kier molecular flexibility index (Phi) is 5.69. The fourth-order valence-electron chi connectivity index (χ4n) is 2.82. The van der Waals surface area contributed by atoms with E-state index in [1.807, 2.05) is 0 Å². The number of pyridine rings is 1. The number of esters is 1. The maximum absolute atomic E-state index is 13.3. The molecule has 0 spiro atoms. The van der Waals surface area contributed by atoms with Gasteiger partial charge in [-0.25, -0.2) is 9.78 Å². The maximum Gasteiger partial charge on any atom is 0.434 e. The molecule has 1 aromatic heterocycles. The van der Waals surface area contributed by atoms with Gasteiger partial charge in [0, 0.05) is 6.04 Å². The average Bonchev–Trinajstić information content (AvgIpc) is 3.02. The van der Waals surface area contributed by atoms with Crippen LogP contribution in [0.5, 0.6) is 0 Å². The number of carboxylic acid groups (broad SMARTS) is 1. The van der Waals surface area contributed by atoms with Gasteiger partial charge in [-0.2, -0.15) is 18.4 Å². The molecule has 2 atom stereocenters. The van der Waals surface area contributed by atoms with Gasteiger partial charge in [-0.05, 0) is 32.3 Å². The molecule has 2 rings (SSSR count). The van der Waals surface area contributed by atoms with Crippen LogP contribution in [0.2, 0.25) is 0 Å². The normalized spacial score (nSPS) is 19.7. The van der Waals surface area contributed by atoms with E-state index in [0.29, 0.717) is 12.8 Å². The number of carbonyl (C=O) groups is 2. The van der Waals surface area contributed by atoms with Crippen molar-refractivity contribution in [3.63, 3.8) is 0 Å². The summed E-state index contributed by atoms with van der Waals surface area (Å²) in [7, 11) is 0. The predicted molar refractivity (Wildman–Crippen MR) is 82.3 cm³/mol. The molecule has 1 heterocycles. The van der Waals surface area contributed by atoms with Gasteiger partial charge >= 0.3 is 18.1 Å². The minimum Gasteiger partial charge on any atom is -0.481 e. The third-order valence-corrected chi connectivity index (χ3v) is 4.03. The number of carboxylic acids is 1. The number of nitrogens with zero attached hydrogens (tertiary/aromatic N) is 2. The summed E-state index contributed by atoms with van der Waals surface area (Å²) < 4.78 is 44.5. The number of halogens is 3. The van der Waals surface area contributed by atoms with Crippen molar-refractivity contribution in [2.45, 2.75) is 38.4 Å². The molecule has 0 saturated heterocycles. The number of rotatable bonds is 5. The summed E-state index contributed by atoms with van der Waals surface area (Å²) in [4.78, 5) is 26.2. The molecule has 0 amide bonds. The second-order valence-electron chi connectivity index (χ2n) is 5.80. The summed E-state index contributed by atoms with van der Waals surface area (Å²) in [6, 6.07) is 2.07. The lowest BCUT2D eigenvalue weighted by molar-refractivity contribution is -0.142. The molecule has 0 bridgehead atoms. The van der Waals surface area contributed by atoms with Gasteiger partial charge in [0.15, 0.2) is 5.69 Å². The third-order valence-electron chi connectivity index (χ3n) is 4.03. The van der Waals surface area contributed by atoms with E-state index >= 15 is 0 Å². The summed E-state index contributed by atoms with van der Waals surface area (Å²) >= 11 is 0. The second kappa shape index (κ2) is 7.59. The standard InChI is InChI=1S/C16H16F3N3O4/c1-2-26-15(25)11-6-9(7-20)13(22-12(11)16(17,18)19)21-10-4-3-8(5-10)14(23)24/h6,8,10H,2-5H2,1H3,(H,21,22)(H,23,24). The van der Waals surface area contributed by atoms with Crippen molar-refractivity contribution in [2.24, 2.45) is 5.92 Å². The summed E-state index contributed by atoms with van der Waals surface area (Å²) in [5.41, 5.74) is -2.54. The summed E-state index contributed by atoms with van der Waals surface area (Å²) in [5, 5.41) is 20.9. The van der Waals surface area contributed by atoms with Crippen LogP contribution in [-0.4, -0.2) is 34.7 Å². The molecule has 2 N–H and O–H groups in total. The van der Waals surface area contributed by atoms with Gasteiger partial charge in [-0.15, -0.1) is 0 Å². The van der Waals surface area contributed by atoms with Crippen molar-refractivity contribution < 1.29 is 32.6 Å². The first-order chi connectivity index (χ1) is 12.2. The topological polar surface area (TPSA) is 112 Å². The summed E-state index contributed by atoms with van der Waals surface area (Å²) in [6.07, 6.45) is -3.92. The minimum absolute atomic E-state index is 0.128. The number of nitrogens with one attached hydrogen (secondary N) is 1. The van der Waals surface area contributed by atoms with Crippen molar-refractivity contribution in [1.82, 2.24) is 4.98 Å². The molecule has 10 heteroatoms. The zero-order valence-electron chi connectivity index (χ0n) is 13.8. The number of aromatic nitrogens is 1. The van der Waals surface area contributed by atoms with Gasteiger partial charge in [0.25, 0.3) is 0 Å². The highest BCUT2D eigenvalue weighted by Crippen LogP contribution is 2.34. The van der Waals surface area contributed by atoms with Gasteiger partial charge in [-0.1, -0.05) is 0 Å². The highest BCUT2D eigenvalue weighted by Gasteiger charge is 2.39. The number of ether oxygens (including phenoxy) is 1. The average molecular weight is 371 g/mol. The Labute approximate surface area is 146 Å². The number of anilines is 1. The van der Waals surface area contributed by atoms with Gasteiger partial charge in [0.05, 0.1) is 23.7 Å². The molecule has 0 radical (unpaired) electrons. The van der Waals surface area contributed by atoms with Gasteiger partial charge in [0.1, 0.15) is 11.9 Å². The summed E-state index contributed by atoms with van der Waals surface area (Å²) in [6.45, 7) is 1.31. The van der Waals surface area contributed by atoms with E-state index in [-0.39, 0.29) is 24.4 Å². The molecule has 1 saturated carbocycles. The zero-order valence-corrected chi connectivity index (χ0v) is 13.8. The van der Waals surface area contributed by atoms with Crippen LogP contribution >= 0.6 is 0 Å². The molecule has 1 aliphatic carbocycles. The molecule has 7 nitrogen and oxygen atoms in total. The fourth-order valence-corrected chi connectivity index (χ4v) is 2.82. The van der Waals surface area contributed by atoms with Crippen molar-refractivity contribution in [3.8, 4) is 6.07 Å². The molecular weight excluding hydrogens is 355 g/mol. The number of hydrogen-bond donors (Lipinski definition) is 2. The van der Waals surface area contributed by atoms with E-state index in [1.165, 1.54) is 6.92 Å². The zero-order chi connectivity index (χ0) is 19.5. The quantitative estimate of drug-likeness (QED) is 0.765. The van der Waals surface area contributed by atoms with Gasteiger partial charge < -0.3 is 15.2 Å². The Hall–Kier alpha value is -2.83. The van der Waals surface area contributed by atoms with Crippen LogP contribution in [0.25, 0.3) is 0 Å². The smallest absolute Gasteiger partial charge is 0.434 e. The molecule has 0 aliphatic heterocycles. The van der Waals surface area contributed by atoms with E-state index < -0.39 is 41.3 Å². The lowest BCUT2D eigenvalue weighted by atomic mass is 10.1. The van der Waals surface area contributed by atoms with Crippen LogP contribution in [0.15, 0.2) is 6.07 Å². The van der Waals surface area contributed by atoms with Crippen molar-refractivity contribution in [1.29, 1.82) is 5.26 Å². The largest absolute Gasteiger partial charge is 0.481 e. The number of aliphatic carboxylic acids is 1. The summed E-state index contributed by atoms with van der Waals surface area (Å²) in [5.74, 6) is -3.12. The van der Waals surface area contributed by atoms with Crippen molar-refractivity contribution in [2.75, 3.05) is 11.9 Å². The first-order valence-corrected chi connectivity index (χ1v) is 7.86. The molecule has 0 aromatic carbocycles. The molecule has 140 valence electrons. The van der Waals surface area contributed by atoms with Crippen LogP contribution < -0.4 is 5.32 Å². The second-order valence-corrected chi connectivity index (χ2v) is 5.80. The Morgan fingerprint density at radius 1 is 1.46 bits per heavy atom. The minimum atomic E-state index is -4.92. The van der Waals surface area contributed by atoms with Crippen LogP contribution in [0, 0.1) is 17.2 Å². The highest BCUT2D eigenvalue weighted by atomic mass is 19.4. The number of hydrogen-bond acceptors (Lipinski definition) is 6. The molecule has 2 unspecified atom stereocenters. The fraction of sp³-hybridized carbons (Fsp3) is 0.500. The molecule has 1 aromatic rings. The highest BCUT2D eigenvalue weighted by molar-refractivity contribution is 5.92. The number of carbonyl (C=O) groups excluding carboxylic acids is 1. The first-order valence-electron chi connectivity index (χ1n) is 7.86. The number of nitriles is 1. The molecule has 1 fully saturated rings. The Morgan fingerprint density at radius 2 is 2.15 bits per heavy atom. The van der Waals surface area contributed by atoms with Crippen LogP contribution in [0.3, 0.4) is 0 Å². The first kappa shape index (κ1) is 19.5. The predicted octanol–water partition coefficient (Wildman–Crippen LogP) is 2.81. The SMILES string of the molecule is CCOC(=O)c1cc(C#N)c(NC2CCC(C(=O)O)C2)nc1C(F)(F)F. The van der Waals surface area contributed by atoms with E-state index in [9.17, 15) is 28.0 Å². The van der Waals surface area contributed by atoms with E-state index in [1.54, 1.807) is 6.07 Å². The number of alkyl halides is 3. The van der Waals surface area contributed by atoms with E-state index in [0.717, 1.165) is 6.07 Å². The van der Waals surface area contributed by atoms with Gasteiger partial charge in [-0.3, -0.25) is 4.79 Å². The van der Waals surface area contributed by atoms with Crippen LogP contribution in [0.1, 0.15) is 47.8 Å². The monoisotopic (exact) mass is 371 g/mol. The van der Waals surface area contributed by atoms with E-state index in [2.05, 4.69) is 15.0 Å². The Balaban J connectivity index is 2.39. The van der Waals surface area contributed by atoms with Gasteiger partial charge in [0.2, 0.25) is 0 Å². The Morgan fingerprint density at radius 3 is 2.65 bits per heavy atom.